The number of hydrogen-bond acceptors (Lipinski definition) is 4. The van der Waals surface area contributed by atoms with Gasteiger partial charge in [0.05, 0.1) is 18.5 Å². The van der Waals surface area contributed by atoms with Crippen LogP contribution in [0.4, 0.5) is 0 Å². The predicted octanol–water partition coefficient (Wildman–Crippen LogP) is 0.466. The molecule has 1 aliphatic rings. The summed E-state index contributed by atoms with van der Waals surface area (Å²) in [5, 5.41) is 14.8. The molecule has 0 spiro atoms. The lowest BCUT2D eigenvalue weighted by Crippen LogP contribution is -2.42. The van der Waals surface area contributed by atoms with Gasteiger partial charge in [0.25, 0.3) is 0 Å². The molecule has 1 amide bonds. The maximum absolute atomic E-state index is 12.0. The van der Waals surface area contributed by atoms with Gasteiger partial charge in [-0.15, -0.1) is 0 Å². The molecule has 0 radical (unpaired) electrons. The molecule has 1 aliphatic heterocycles. The Bertz CT molecular complexity index is 444. The number of carbonyl (C=O) groups is 2. The summed E-state index contributed by atoms with van der Waals surface area (Å²) in [6.45, 7) is 0.830. The van der Waals surface area contributed by atoms with Gasteiger partial charge in [0.1, 0.15) is 0 Å². The zero-order valence-electron chi connectivity index (χ0n) is 10.5. The molecular weight excluding hydrogens is 246 g/mol. The fraction of sp³-hybridized carbons (Fsp3) is 0.462. The molecule has 102 valence electrons. The van der Waals surface area contributed by atoms with Gasteiger partial charge in [0, 0.05) is 12.4 Å². The number of aliphatic carboxylic acids is 1. The van der Waals surface area contributed by atoms with E-state index >= 15 is 0 Å². The van der Waals surface area contributed by atoms with Crippen molar-refractivity contribution in [2.24, 2.45) is 0 Å². The summed E-state index contributed by atoms with van der Waals surface area (Å²) in [4.78, 5) is 26.8. The maximum atomic E-state index is 12.0. The first-order valence-electron chi connectivity index (χ1n) is 6.32. The maximum Gasteiger partial charge on any atom is 0.305 e. The molecule has 2 rings (SSSR count). The number of aromatic nitrogens is 1. The minimum Gasteiger partial charge on any atom is -0.481 e. The van der Waals surface area contributed by atoms with E-state index in [1.165, 1.54) is 0 Å². The normalized spacial score (nSPS) is 19.9. The Hall–Kier alpha value is -1.95. The number of carboxylic acid groups (broad SMARTS) is 1. The molecule has 1 unspecified atom stereocenters. The monoisotopic (exact) mass is 263 g/mol. The molecule has 0 saturated carbocycles. The number of nitrogens with one attached hydrogen (secondary N) is 2. The first kappa shape index (κ1) is 13.5. The van der Waals surface area contributed by atoms with Crippen molar-refractivity contribution in [2.75, 3.05) is 6.54 Å². The van der Waals surface area contributed by atoms with Gasteiger partial charge >= 0.3 is 5.97 Å². The van der Waals surface area contributed by atoms with Crippen molar-refractivity contribution in [3.63, 3.8) is 0 Å². The van der Waals surface area contributed by atoms with Gasteiger partial charge in [-0.05, 0) is 37.1 Å². The highest BCUT2D eigenvalue weighted by Gasteiger charge is 2.25. The molecule has 0 aliphatic carbocycles. The van der Waals surface area contributed by atoms with Crippen molar-refractivity contribution in [1.29, 1.82) is 0 Å². The molecule has 0 aromatic carbocycles. The van der Waals surface area contributed by atoms with Gasteiger partial charge in [0.2, 0.25) is 5.91 Å². The van der Waals surface area contributed by atoms with Gasteiger partial charge in [-0.25, -0.2) is 0 Å². The van der Waals surface area contributed by atoms with Crippen molar-refractivity contribution in [2.45, 2.75) is 31.3 Å². The molecule has 2 atom stereocenters. The number of carbonyl (C=O) groups excluding carboxylic acids is 1. The molecular formula is C13H17N3O3. The van der Waals surface area contributed by atoms with Crippen LogP contribution in [0.5, 0.6) is 0 Å². The third-order valence-corrected chi connectivity index (χ3v) is 3.18. The molecule has 6 heteroatoms. The van der Waals surface area contributed by atoms with Crippen LogP contribution in [0.3, 0.4) is 0 Å². The molecule has 1 saturated heterocycles. The Morgan fingerprint density at radius 3 is 2.79 bits per heavy atom. The Balaban J connectivity index is 2.05. The van der Waals surface area contributed by atoms with E-state index in [1.807, 2.05) is 0 Å². The Kier molecular flexibility index (Phi) is 4.46. The topological polar surface area (TPSA) is 91.3 Å². The van der Waals surface area contributed by atoms with Crippen LogP contribution in [0.15, 0.2) is 24.5 Å². The summed E-state index contributed by atoms with van der Waals surface area (Å²) < 4.78 is 0. The number of rotatable bonds is 5. The molecule has 1 aromatic rings. The van der Waals surface area contributed by atoms with Crippen molar-refractivity contribution >= 4 is 11.9 Å². The van der Waals surface area contributed by atoms with Crippen LogP contribution in [-0.2, 0) is 9.59 Å². The van der Waals surface area contributed by atoms with Gasteiger partial charge in [0.15, 0.2) is 0 Å². The van der Waals surface area contributed by atoms with Crippen LogP contribution in [0.25, 0.3) is 0 Å². The van der Waals surface area contributed by atoms with Gasteiger partial charge in [-0.2, -0.15) is 0 Å². The van der Waals surface area contributed by atoms with E-state index in [4.69, 9.17) is 5.11 Å². The molecule has 3 N–H and O–H groups in total. The summed E-state index contributed by atoms with van der Waals surface area (Å²) in [6.07, 6.45) is 4.80. The summed E-state index contributed by atoms with van der Waals surface area (Å²) >= 11 is 0. The quantitative estimate of drug-likeness (QED) is 0.718. The lowest BCUT2D eigenvalue weighted by Gasteiger charge is -2.19. The number of hydrogen-bond donors (Lipinski definition) is 3. The third kappa shape index (κ3) is 3.75. The summed E-state index contributed by atoms with van der Waals surface area (Å²) in [5.74, 6) is -1.08. The molecule has 19 heavy (non-hydrogen) atoms. The number of nitrogens with zero attached hydrogens (tertiary/aromatic N) is 1. The largest absolute Gasteiger partial charge is 0.481 e. The second-order valence-electron chi connectivity index (χ2n) is 4.59. The Labute approximate surface area is 111 Å². The smallest absolute Gasteiger partial charge is 0.305 e. The van der Waals surface area contributed by atoms with Gasteiger partial charge < -0.3 is 15.7 Å². The number of pyridine rings is 1. The van der Waals surface area contributed by atoms with Crippen molar-refractivity contribution < 1.29 is 14.7 Å². The highest BCUT2D eigenvalue weighted by Crippen LogP contribution is 2.17. The van der Waals surface area contributed by atoms with E-state index in [0.29, 0.717) is 0 Å². The van der Waals surface area contributed by atoms with Crippen LogP contribution in [0.1, 0.15) is 30.9 Å². The van der Waals surface area contributed by atoms with Crippen LogP contribution >= 0.6 is 0 Å². The van der Waals surface area contributed by atoms with E-state index in [2.05, 4.69) is 15.6 Å². The van der Waals surface area contributed by atoms with Gasteiger partial charge in [-0.3, -0.25) is 14.6 Å². The SMILES string of the molecule is O=C(O)C[C@H](NC(=O)C1CCCN1)c1ccncc1. The fourth-order valence-electron chi connectivity index (χ4n) is 2.20. The standard InChI is InChI=1S/C13H17N3O3/c17-12(18)8-11(9-3-6-14-7-4-9)16-13(19)10-2-1-5-15-10/h3-4,6-7,10-11,15H,1-2,5,8H2,(H,16,19)(H,17,18)/t10?,11-/m0/s1. The van der Waals surface area contributed by atoms with Crippen LogP contribution < -0.4 is 10.6 Å². The van der Waals surface area contributed by atoms with Crippen molar-refractivity contribution in [1.82, 2.24) is 15.6 Å². The molecule has 1 fully saturated rings. The van der Waals surface area contributed by atoms with E-state index in [9.17, 15) is 9.59 Å². The first-order valence-corrected chi connectivity index (χ1v) is 6.32. The van der Waals surface area contributed by atoms with Gasteiger partial charge in [-0.1, -0.05) is 0 Å². The molecule has 2 heterocycles. The lowest BCUT2D eigenvalue weighted by atomic mass is 10.0. The summed E-state index contributed by atoms with van der Waals surface area (Å²) in [6, 6.07) is 2.71. The zero-order valence-corrected chi connectivity index (χ0v) is 10.5. The Morgan fingerprint density at radius 2 is 2.21 bits per heavy atom. The second-order valence-corrected chi connectivity index (χ2v) is 4.59. The third-order valence-electron chi connectivity index (χ3n) is 3.18. The van der Waals surface area contributed by atoms with Crippen LogP contribution in [-0.4, -0.2) is 34.6 Å². The summed E-state index contributed by atoms with van der Waals surface area (Å²) in [5.41, 5.74) is 0.753. The average molecular weight is 263 g/mol. The lowest BCUT2D eigenvalue weighted by molar-refractivity contribution is -0.137. The van der Waals surface area contributed by atoms with E-state index in [-0.39, 0.29) is 18.4 Å². The summed E-state index contributed by atoms with van der Waals surface area (Å²) in [7, 11) is 0. The molecule has 1 aromatic heterocycles. The van der Waals surface area contributed by atoms with E-state index in [0.717, 1.165) is 24.9 Å². The minimum absolute atomic E-state index is 0.136. The minimum atomic E-state index is -0.943. The molecule has 0 bridgehead atoms. The highest BCUT2D eigenvalue weighted by molar-refractivity contribution is 5.83. The predicted molar refractivity (Wildman–Crippen MR) is 68.4 cm³/mol. The highest BCUT2D eigenvalue weighted by atomic mass is 16.4. The Morgan fingerprint density at radius 1 is 1.47 bits per heavy atom. The number of carboxylic acids is 1. The van der Waals surface area contributed by atoms with Crippen molar-refractivity contribution in [3.05, 3.63) is 30.1 Å². The van der Waals surface area contributed by atoms with E-state index < -0.39 is 12.0 Å². The molecule has 6 nitrogen and oxygen atoms in total. The zero-order chi connectivity index (χ0) is 13.7. The fourth-order valence-corrected chi connectivity index (χ4v) is 2.20. The second kappa shape index (κ2) is 6.29. The van der Waals surface area contributed by atoms with Crippen molar-refractivity contribution in [3.8, 4) is 0 Å². The van der Waals surface area contributed by atoms with Crippen LogP contribution in [0.2, 0.25) is 0 Å². The van der Waals surface area contributed by atoms with Crippen LogP contribution in [0, 0.1) is 0 Å². The van der Waals surface area contributed by atoms with E-state index in [1.54, 1.807) is 24.5 Å². The average Bonchev–Trinajstić information content (AvgIpc) is 2.92. The first-order chi connectivity index (χ1) is 9.16. The number of amides is 1.